The van der Waals surface area contributed by atoms with Crippen molar-refractivity contribution in [2.24, 2.45) is 5.92 Å². The fraction of sp³-hybridized carbons (Fsp3) is 0.438. The van der Waals surface area contributed by atoms with E-state index in [4.69, 9.17) is 4.74 Å². The van der Waals surface area contributed by atoms with Gasteiger partial charge < -0.3 is 10.1 Å². The molecule has 0 saturated heterocycles. The van der Waals surface area contributed by atoms with Gasteiger partial charge in [0.2, 0.25) is 5.95 Å². The second-order valence-corrected chi connectivity index (χ2v) is 5.45. The van der Waals surface area contributed by atoms with Gasteiger partial charge in [0.05, 0.1) is 12.3 Å². The molecule has 20 heavy (non-hydrogen) atoms. The Morgan fingerprint density at radius 1 is 1.35 bits per heavy atom. The quantitative estimate of drug-likeness (QED) is 0.876. The van der Waals surface area contributed by atoms with Crippen LogP contribution in [-0.2, 0) is 11.3 Å². The highest BCUT2D eigenvalue weighted by molar-refractivity contribution is 5.44. The first kappa shape index (κ1) is 14.6. The molecule has 0 amide bonds. The summed E-state index contributed by atoms with van der Waals surface area (Å²) in [6.45, 7) is 7.92. The Bertz CT molecular complexity index is 561. The van der Waals surface area contributed by atoms with E-state index in [0.717, 1.165) is 29.4 Å². The van der Waals surface area contributed by atoms with E-state index in [1.807, 2.05) is 13.0 Å². The molecule has 4 nitrogen and oxygen atoms in total. The standard InChI is InChI=1S/C16H23N3O/c1-12(2)9-17-16-18-13(3)10-19(16)15-7-5-6-14(8-15)11-20-4/h5-8,10,12H,9,11H2,1-4H3,(H,17,18). The van der Waals surface area contributed by atoms with Crippen LogP contribution in [0.3, 0.4) is 0 Å². The summed E-state index contributed by atoms with van der Waals surface area (Å²) in [5.41, 5.74) is 3.27. The van der Waals surface area contributed by atoms with Crippen molar-refractivity contribution in [3.63, 3.8) is 0 Å². The van der Waals surface area contributed by atoms with E-state index in [9.17, 15) is 0 Å². The summed E-state index contributed by atoms with van der Waals surface area (Å²) in [5.74, 6) is 1.48. The molecule has 0 radical (unpaired) electrons. The van der Waals surface area contributed by atoms with Crippen LogP contribution in [0.5, 0.6) is 0 Å². The minimum Gasteiger partial charge on any atom is -0.380 e. The highest BCUT2D eigenvalue weighted by Gasteiger charge is 2.08. The third-order valence-corrected chi connectivity index (χ3v) is 2.99. The summed E-state index contributed by atoms with van der Waals surface area (Å²) in [6, 6.07) is 8.33. The third-order valence-electron chi connectivity index (χ3n) is 2.99. The summed E-state index contributed by atoms with van der Waals surface area (Å²) < 4.78 is 7.29. The van der Waals surface area contributed by atoms with Crippen LogP contribution in [0.4, 0.5) is 5.95 Å². The molecule has 1 heterocycles. The maximum absolute atomic E-state index is 5.19. The van der Waals surface area contributed by atoms with Crippen molar-refractivity contribution in [2.75, 3.05) is 19.0 Å². The number of nitrogens with one attached hydrogen (secondary N) is 1. The third kappa shape index (κ3) is 3.61. The van der Waals surface area contributed by atoms with E-state index >= 15 is 0 Å². The van der Waals surface area contributed by atoms with E-state index in [1.54, 1.807) is 7.11 Å². The average Bonchev–Trinajstić information content (AvgIpc) is 2.78. The molecule has 0 aliphatic carbocycles. The van der Waals surface area contributed by atoms with Crippen LogP contribution < -0.4 is 5.32 Å². The molecule has 0 saturated carbocycles. The maximum atomic E-state index is 5.19. The Labute approximate surface area is 120 Å². The molecular weight excluding hydrogens is 250 g/mol. The molecule has 1 N–H and O–H groups in total. The molecule has 2 rings (SSSR count). The van der Waals surface area contributed by atoms with Crippen LogP contribution >= 0.6 is 0 Å². The number of nitrogens with zero attached hydrogens (tertiary/aromatic N) is 2. The summed E-state index contributed by atoms with van der Waals surface area (Å²) in [5, 5.41) is 3.40. The number of benzene rings is 1. The Hall–Kier alpha value is -1.81. The van der Waals surface area contributed by atoms with Crippen LogP contribution in [0.2, 0.25) is 0 Å². The predicted octanol–water partition coefficient (Wildman–Crippen LogP) is 3.40. The zero-order valence-corrected chi connectivity index (χ0v) is 12.7. The number of hydrogen-bond acceptors (Lipinski definition) is 3. The molecule has 0 unspecified atom stereocenters. The molecule has 1 aromatic carbocycles. The largest absolute Gasteiger partial charge is 0.380 e. The van der Waals surface area contributed by atoms with Crippen LogP contribution in [0.25, 0.3) is 5.69 Å². The number of hydrogen-bond donors (Lipinski definition) is 1. The molecule has 4 heteroatoms. The Morgan fingerprint density at radius 3 is 2.85 bits per heavy atom. The summed E-state index contributed by atoms with van der Waals surface area (Å²) in [7, 11) is 1.71. The first-order valence-electron chi connectivity index (χ1n) is 6.98. The minimum atomic E-state index is 0.584. The zero-order valence-electron chi connectivity index (χ0n) is 12.7. The number of anilines is 1. The molecule has 0 spiro atoms. The van der Waals surface area contributed by atoms with Crippen LogP contribution in [0, 0.1) is 12.8 Å². The summed E-state index contributed by atoms with van der Waals surface area (Å²) in [6.07, 6.45) is 2.05. The van der Waals surface area contributed by atoms with Gasteiger partial charge in [-0.15, -0.1) is 0 Å². The average molecular weight is 273 g/mol. The first-order valence-corrected chi connectivity index (χ1v) is 6.98. The lowest BCUT2D eigenvalue weighted by Gasteiger charge is -2.12. The summed E-state index contributed by atoms with van der Waals surface area (Å²) in [4.78, 5) is 4.56. The van der Waals surface area contributed by atoms with E-state index in [-0.39, 0.29) is 0 Å². The molecule has 2 aromatic rings. The van der Waals surface area contributed by atoms with Gasteiger partial charge in [0.25, 0.3) is 0 Å². The lowest BCUT2D eigenvalue weighted by molar-refractivity contribution is 0.185. The van der Waals surface area contributed by atoms with Crippen LogP contribution in [-0.4, -0.2) is 23.2 Å². The van der Waals surface area contributed by atoms with Crippen molar-refractivity contribution >= 4 is 5.95 Å². The number of ether oxygens (including phenoxy) is 1. The van der Waals surface area contributed by atoms with Crippen molar-refractivity contribution < 1.29 is 4.74 Å². The highest BCUT2D eigenvalue weighted by Crippen LogP contribution is 2.18. The predicted molar refractivity (Wildman–Crippen MR) is 82.3 cm³/mol. The van der Waals surface area contributed by atoms with Gasteiger partial charge in [-0.25, -0.2) is 4.98 Å². The lowest BCUT2D eigenvalue weighted by atomic mass is 10.2. The van der Waals surface area contributed by atoms with Crippen molar-refractivity contribution in [2.45, 2.75) is 27.4 Å². The molecule has 0 atom stereocenters. The van der Waals surface area contributed by atoms with E-state index in [0.29, 0.717) is 12.5 Å². The number of imidazole rings is 1. The van der Waals surface area contributed by atoms with Gasteiger partial charge in [0.15, 0.2) is 0 Å². The minimum absolute atomic E-state index is 0.584. The van der Waals surface area contributed by atoms with Gasteiger partial charge >= 0.3 is 0 Å². The smallest absolute Gasteiger partial charge is 0.207 e. The van der Waals surface area contributed by atoms with Crippen molar-refractivity contribution in [3.8, 4) is 5.69 Å². The van der Waals surface area contributed by atoms with Gasteiger partial charge in [-0.2, -0.15) is 0 Å². The Morgan fingerprint density at radius 2 is 2.15 bits per heavy atom. The highest BCUT2D eigenvalue weighted by atomic mass is 16.5. The van der Waals surface area contributed by atoms with E-state index in [1.165, 1.54) is 0 Å². The summed E-state index contributed by atoms with van der Waals surface area (Å²) >= 11 is 0. The lowest BCUT2D eigenvalue weighted by Crippen LogP contribution is -2.12. The number of aryl methyl sites for hydroxylation is 1. The Balaban J connectivity index is 2.29. The maximum Gasteiger partial charge on any atom is 0.207 e. The fourth-order valence-electron chi connectivity index (χ4n) is 2.08. The van der Waals surface area contributed by atoms with Crippen molar-refractivity contribution in [3.05, 3.63) is 41.7 Å². The second-order valence-electron chi connectivity index (χ2n) is 5.45. The molecule has 1 aromatic heterocycles. The van der Waals surface area contributed by atoms with E-state index < -0.39 is 0 Å². The van der Waals surface area contributed by atoms with Crippen LogP contribution in [0.1, 0.15) is 25.1 Å². The normalized spacial score (nSPS) is 11.1. The fourth-order valence-corrected chi connectivity index (χ4v) is 2.08. The number of methoxy groups -OCH3 is 1. The van der Waals surface area contributed by atoms with E-state index in [2.05, 4.69) is 53.1 Å². The molecule has 0 bridgehead atoms. The molecule has 0 aliphatic rings. The van der Waals surface area contributed by atoms with Crippen molar-refractivity contribution in [1.82, 2.24) is 9.55 Å². The molecular formula is C16H23N3O. The topological polar surface area (TPSA) is 39.1 Å². The molecule has 0 fully saturated rings. The molecule has 0 aliphatic heterocycles. The van der Waals surface area contributed by atoms with Gasteiger partial charge in [-0.3, -0.25) is 4.57 Å². The SMILES string of the molecule is COCc1cccc(-n2cc(C)nc2NCC(C)C)c1. The number of rotatable bonds is 6. The van der Waals surface area contributed by atoms with Crippen LogP contribution in [0.15, 0.2) is 30.5 Å². The van der Waals surface area contributed by atoms with Gasteiger partial charge in [0.1, 0.15) is 0 Å². The van der Waals surface area contributed by atoms with Gasteiger partial charge in [0, 0.05) is 25.5 Å². The van der Waals surface area contributed by atoms with Crippen molar-refractivity contribution in [1.29, 1.82) is 0 Å². The van der Waals surface area contributed by atoms with Gasteiger partial charge in [-0.1, -0.05) is 26.0 Å². The second kappa shape index (κ2) is 6.57. The monoisotopic (exact) mass is 273 g/mol. The Kier molecular flexibility index (Phi) is 4.79. The molecule has 108 valence electrons. The number of aromatic nitrogens is 2. The van der Waals surface area contributed by atoms with Gasteiger partial charge in [-0.05, 0) is 30.5 Å². The zero-order chi connectivity index (χ0) is 14.5. The first-order chi connectivity index (χ1) is 9.60.